The highest BCUT2D eigenvalue weighted by Gasteiger charge is 2.45. The maximum Gasteiger partial charge on any atom is 0.297 e. The zero-order valence-corrected chi connectivity index (χ0v) is 19.2. The van der Waals surface area contributed by atoms with Gasteiger partial charge in [0.2, 0.25) is 10.9 Å². The molecule has 0 bridgehead atoms. The Balaban J connectivity index is 1.76. The molecule has 4 aromatic rings. The number of hydrogen-bond acceptors (Lipinski definition) is 8. The van der Waals surface area contributed by atoms with Gasteiger partial charge in [0.15, 0.2) is 16.9 Å². The third kappa shape index (κ3) is 3.50. The highest BCUT2D eigenvalue weighted by Crippen LogP contribution is 2.44. The van der Waals surface area contributed by atoms with E-state index in [0.717, 1.165) is 17.5 Å². The Labute approximate surface area is 197 Å². The van der Waals surface area contributed by atoms with E-state index in [9.17, 15) is 19.1 Å². The van der Waals surface area contributed by atoms with Crippen molar-refractivity contribution in [1.29, 1.82) is 0 Å². The van der Waals surface area contributed by atoms with E-state index in [-0.39, 0.29) is 33.8 Å². The van der Waals surface area contributed by atoms with Crippen LogP contribution in [0, 0.1) is 5.82 Å². The minimum absolute atomic E-state index is 0.0335. The first-order valence-corrected chi connectivity index (χ1v) is 11.6. The van der Waals surface area contributed by atoms with Gasteiger partial charge in [-0.3, -0.25) is 14.5 Å². The summed E-state index contributed by atoms with van der Waals surface area (Å²) in [5.41, 5.74) is 0.178. The van der Waals surface area contributed by atoms with Gasteiger partial charge in [-0.05, 0) is 49.2 Å². The number of phenolic OH excluding ortho intramolecular Hbond substituents is 1. The third-order valence-corrected chi connectivity index (χ3v) is 6.54. The fourth-order valence-electron chi connectivity index (χ4n) is 4.09. The largest absolute Gasteiger partial charge is 0.504 e. The number of nitrogens with zero attached hydrogens (tertiary/aromatic N) is 3. The molecule has 3 heterocycles. The van der Waals surface area contributed by atoms with Crippen molar-refractivity contribution in [2.45, 2.75) is 32.7 Å². The minimum atomic E-state index is -0.923. The lowest BCUT2D eigenvalue weighted by molar-refractivity contribution is 0.0970. The summed E-state index contributed by atoms with van der Waals surface area (Å²) in [5.74, 6) is -1.13. The van der Waals surface area contributed by atoms with Gasteiger partial charge in [-0.15, -0.1) is 10.2 Å². The Morgan fingerprint density at radius 2 is 2.00 bits per heavy atom. The molecule has 1 aliphatic rings. The van der Waals surface area contributed by atoms with Gasteiger partial charge in [-0.2, -0.15) is 0 Å². The van der Waals surface area contributed by atoms with Gasteiger partial charge in [0.05, 0.1) is 23.6 Å². The van der Waals surface area contributed by atoms with Crippen molar-refractivity contribution in [2.75, 3.05) is 11.5 Å². The number of anilines is 1. The second-order valence-corrected chi connectivity index (χ2v) is 8.82. The molecule has 0 fully saturated rings. The van der Waals surface area contributed by atoms with Crippen molar-refractivity contribution >= 4 is 33.3 Å². The first-order valence-electron chi connectivity index (χ1n) is 10.8. The highest BCUT2D eigenvalue weighted by atomic mass is 32.1. The third-order valence-electron chi connectivity index (χ3n) is 5.56. The zero-order valence-electron chi connectivity index (χ0n) is 18.4. The summed E-state index contributed by atoms with van der Waals surface area (Å²) in [7, 11) is 0. The van der Waals surface area contributed by atoms with Crippen molar-refractivity contribution in [2.24, 2.45) is 0 Å². The number of aromatic hydroxyl groups is 1. The van der Waals surface area contributed by atoms with Crippen LogP contribution < -0.4 is 15.1 Å². The van der Waals surface area contributed by atoms with Crippen LogP contribution in [-0.2, 0) is 6.42 Å². The van der Waals surface area contributed by atoms with Crippen LogP contribution in [0.5, 0.6) is 11.5 Å². The van der Waals surface area contributed by atoms with E-state index in [1.54, 1.807) is 19.1 Å². The number of carbonyl (C=O) groups excluding carboxylic acids is 1. The second kappa shape index (κ2) is 8.53. The quantitative estimate of drug-likeness (QED) is 0.429. The lowest BCUT2D eigenvalue weighted by atomic mass is 9.98. The molecule has 0 radical (unpaired) electrons. The van der Waals surface area contributed by atoms with E-state index in [0.29, 0.717) is 23.7 Å². The fourth-order valence-corrected chi connectivity index (χ4v) is 5.05. The van der Waals surface area contributed by atoms with Gasteiger partial charge >= 0.3 is 0 Å². The number of amides is 1. The molecule has 0 saturated carbocycles. The number of benzene rings is 2. The normalized spacial score (nSPS) is 15.2. The maximum absolute atomic E-state index is 13.9. The molecular weight excluding hydrogens is 461 g/mol. The van der Waals surface area contributed by atoms with Gasteiger partial charge in [0.25, 0.3) is 5.91 Å². The average molecular weight is 482 g/mol. The number of hydrogen-bond donors (Lipinski definition) is 1. The second-order valence-electron chi connectivity index (χ2n) is 7.78. The van der Waals surface area contributed by atoms with Crippen LogP contribution in [0.15, 0.2) is 45.6 Å². The van der Waals surface area contributed by atoms with Gasteiger partial charge in [0, 0.05) is 6.42 Å². The summed E-state index contributed by atoms with van der Waals surface area (Å²) in [6, 6.07) is 7.28. The first kappa shape index (κ1) is 22.0. The van der Waals surface area contributed by atoms with Crippen molar-refractivity contribution in [1.82, 2.24) is 10.2 Å². The predicted molar refractivity (Wildman–Crippen MR) is 124 cm³/mol. The predicted octanol–water partition coefficient (Wildman–Crippen LogP) is 4.59. The van der Waals surface area contributed by atoms with Crippen molar-refractivity contribution in [3.8, 4) is 11.5 Å². The number of carbonyl (C=O) groups is 1. The number of rotatable bonds is 6. The SMILES string of the molecule is CCCc1nnc(N2C(=O)c3oc4ccc(F)cc4c(=O)c3[C@H]2c2ccc(O)c(OCC)c2)s1. The van der Waals surface area contributed by atoms with Gasteiger partial charge in [0.1, 0.15) is 16.4 Å². The lowest BCUT2D eigenvalue weighted by Gasteiger charge is -2.22. The van der Waals surface area contributed by atoms with Crippen LogP contribution in [0.2, 0.25) is 0 Å². The molecule has 1 amide bonds. The Bertz CT molecular complexity index is 1480. The molecule has 1 N–H and O–H groups in total. The molecule has 1 atom stereocenters. The summed E-state index contributed by atoms with van der Waals surface area (Å²) < 4.78 is 25.3. The zero-order chi connectivity index (χ0) is 24.0. The number of phenols is 1. The number of halogens is 1. The Kier molecular flexibility index (Phi) is 5.52. The monoisotopic (exact) mass is 481 g/mol. The maximum atomic E-state index is 13.9. The Morgan fingerprint density at radius 3 is 2.76 bits per heavy atom. The van der Waals surface area contributed by atoms with E-state index in [4.69, 9.17) is 9.15 Å². The molecule has 8 nitrogen and oxygen atoms in total. The molecule has 1 aliphatic heterocycles. The Morgan fingerprint density at radius 1 is 1.18 bits per heavy atom. The fraction of sp³-hybridized carbons (Fsp3) is 0.250. The van der Waals surface area contributed by atoms with Gasteiger partial charge < -0.3 is 14.3 Å². The molecule has 2 aromatic carbocycles. The van der Waals surface area contributed by atoms with Crippen LogP contribution in [0.3, 0.4) is 0 Å². The van der Waals surface area contributed by atoms with Gasteiger partial charge in [-0.1, -0.05) is 24.3 Å². The summed E-state index contributed by atoms with van der Waals surface area (Å²) in [6.45, 7) is 4.10. The van der Waals surface area contributed by atoms with Crippen LogP contribution in [0.4, 0.5) is 9.52 Å². The minimum Gasteiger partial charge on any atom is -0.504 e. The standard InChI is InChI=1S/C24H20FN3O5S/c1-3-5-18-26-27-24(34-18)28-20(12-6-8-15(29)17(10-12)32-4-2)19-21(30)14-11-13(25)7-9-16(14)33-22(19)23(28)31/h6-11,20,29H,3-5H2,1-2H3/t20-/m1/s1. The summed E-state index contributed by atoms with van der Waals surface area (Å²) in [6.07, 6.45) is 1.56. The van der Waals surface area contributed by atoms with E-state index in [2.05, 4.69) is 10.2 Å². The van der Waals surface area contributed by atoms with E-state index in [1.807, 2.05) is 6.92 Å². The van der Waals surface area contributed by atoms with Crippen LogP contribution in [-0.4, -0.2) is 27.8 Å². The number of ether oxygens (including phenoxy) is 1. The lowest BCUT2D eigenvalue weighted by Crippen LogP contribution is -2.29. The van der Waals surface area contributed by atoms with Crippen LogP contribution in [0.25, 0.3) is 11.0 Å². The van der Waals surface area contributed by atoms with Crippen LogP contribution >= 0.6 is 11.3 Å². The Hall–Kier alpha value is -3.79. The van der Waals surface area contributed by atoms with Crippen LogP contribution in [0.1, 0.15) is 53.0 Å². The van der Waals surface area contributed by atoms with Crippen molar-refractivity contribution in [3.05, 3.63) is 74.3 Å². The highest BCUT2D eigenvalue weighted by molar-refractivity contribution is 7.15. The van der Waals surface area contributed by atoms with Crippen molar-refractivity contribution < 1.29 is 23.4 Å². The van der Waals surface area contributed by atoms with E-state index >= 15 is 0 Å². The summed E-state index contributed by atoms with van der Waals surface area (Å²) in [4.78, 5) is 28.5. The molecule has 34 heavy (non-hydrogen) atoms. The molecule has 0 aliphatic carbocycles. The number of fused-ring (bicyclic) bond motifs is 2. The molecule has 10 heteroatoms. The molecule has 0 saturated heterocycles. The topological polar surface area (TPSA) is 106 Å². The van der Waals surface area contributed by atoms with Gasteiger partial charge in [-0.25, -0.2) is 4.39 Å². The van der Waals surface area contributed by atoms with E-state index in [1.165, 1.54) is 34.4 Å². The number of aryl methyl sites for hydroxylation is 1. The van der Waals surface area contributed by atoms with Crippen molar-refractivity contribution in [3.63, 3.8) is 0 Å². The smallest absolute Gasteiger partial charge is 0.297 e. The molecule has 174 valence electrons. The molecule has 2 aromatic heterocycles. The average Bonchev–Trinajstić information content (AvgIpc) is 3.39. The molecule has 0 spiro atoms. The molecular formula is C24H20FN3O5S. The summed E-state index contributed by atoms with van der Waals surface area (Å²) in [5, 5.41) is 19.7. The molecule has 0 unspecified atom stereocenters. The van der Waals surface area contributed by atoms with E-state index < -0.39 is 23.2 Å². The first-order chi connectivity index (χ1) is 16.4. The molecule has 5 rings (SSSR count). The summed E-state index contributed by atoms with van der Waals surface area (Å²) >= 11 is 1.26. The number of aromatic nitrogens is 2.